The Hall–Kier alpha value is -1.35. The van der Waals surface area contributed by atoms with Gasteiger partial charge in [0, 0.05) is 13.6 Å². The molecule has 1 aliphatic heterocycles. The van der Waals surface area contributed by atoms with Gasteiger partial charge in [-0.1, -0.05) is 45.0 Å². The van der Waals surface area contributed by atoms with Gasteiger partial charge in [-0.15, -0.1) is 0 Å². The molecule has 1 heterocycles. The number of likely N-dealkylation sites (N-methyl/N-ethyl adjacent to an activating group) is 1. The first-order chi connectivity index (χ1) is 9.97. The molecular weight excluding hydrogens is 260 g/mol. The van der Waals surface area contributed by atoms with E-state index in [1.165, 1.54) is 17.5 Å². The molecule has 1 saturated heterocycles. The quantitative estimate of drug-likeness (QED) is 0.923. The van der Waals surface area contributed by atoms with Crippen molar-refractivity contribution in [1.29, 1.82) is 0 Å². The molecule has 0 aliphatic carbocycles. The molecule has 1 aromatic carbocycles. The topological polar surface area (TPSA) is 32.3 Å². The van der Waals surface area contributed by atoms with E-state index in [0.717, 1.165) is 13.0 Å². The normalized spacial score (nSPS) is 22.3. The van der Waals surface area contributed by atoms with Crippen molar-refractivity contribution in [2.24, 2.45) is 5.92 Å². The second-order valence-electron chi connectivity index (χ2n) is 6.73. The van der Waals surface area contributed by atoms with Crippen LogP contribution in [0.5, 0.6) is 0 Å². The Bertz CT molecular complexity index is 467. The molecule has 21 heavy (non-hydrogen) atoms. The molecule has 116 valence electrons. The fraction of sp³-hybridized carbons (Fsp3) is 0.611. The van der Waals surface area contributed by atoms with Crippen molar-refractivity contribution < 1.29 is 4.79 Å². The van der Waals surface area contributed by atoms with Crippen molar-refractivity contribution in [2.75, 3.05) is 13.6 Å². The van der Waals surface area contributed by atoms with Crippen LogP contribution < -0.4 is 5.32 Å². The van der Waals surface area contributed by atoms with E-state index in [4.69, 9.17) is 0 Å². The molecule has 0 spiro atoms. The number of hydrogen-bond donors (Lipinski definition) is 1. The van der Waals surface area contributed by atoms with Crippen molar-refractivity contribution in [2.45, 2.75) is 52.1 Å². The van der Waals surface area contributed by atoms with E-state index in [1.54, 1.807) is 0 Å². The Morgan fingerprint density at radius 3 is 2.57 bits per heavy atom. The number of rotatable bonds is 4. The average molecular weight is 288 g/mol. The zero-order chi connectivity index (χ0) is 15.4. The Morgan fingerprint density at radius 2 is 2.00 bits per heavy atom. The summed E-state index contributed by atoms with van der Waals surface area (Å²) in [5.41, 5.74) is 2.54. The molecule has 0 aromatic heterocycles. The van der Waals surface area contributed by atoms with Crippen LogP contribution in [0.4, 0.5) is 0 Å². The highest BCUT2D eigenvalue weighted by molar-refractivity contribution is 5.81. The van der Waals surface area contributed by atoms with E-state index in [9.17, 15) is 4.79 Å². The van der Waals surface area contributed by atoms with Crippen molar-refractivity contribution in [3.8, 4) is 0 Å². The molecule has 2 unspecified atom stereocenters. The maximum absolute atomic E-state index is 12.5. The largest absolute Gasteiger partial charge is 0.340 e. The summed E-state index contributed by atoms with van der Waals surface area (Å²) in [4.78, 5) is 14.3. The highest BCUT2D eigenvalue weighted by Gasteiger charge is 2.26. The number of benzene rings is 1. The van der Waals surface area contributed by atoms with E-state index in [-0.39, 0.29) is 11.9 Å². The third-order valence-corrected chi connectivity index (χ3v) is 4.41. The van der Waals surface area contributed by atoms with Crippen LogP contribution in [-0.2, 0) is 11.3 Å². The molecule has 0 bridgehead atoms. The lowest BCUT2D eigenvalue weighted by Gasteiger charge is -2.30. The Kier molecular flexibility index (Phi) is 5.40. The van der Waals surface area contributed by atoms with E-state index in [0.29, 0.717) is 18.4 Å². The number of piperidine rings is 1. The minimum atomic E-state index is -0.00585. The predicted octanol–water partition coefficient (Wildman–Crippen LogP) is 3.16. The van der Waals surface area contributed by atoms with Crippen LogP contribution in [0.3, 0.4) is 0 Å². The van der Waals surface area contributed by atoms with Crippen LogP contribution in [0.1, 0.15) is 50.7 Å². The molecule has 3 nitrogen and oxygen atoms in total. The maximum Gasteiger partial charge on any atom is 0.239 e. The Labute approximate surface area is 128 Å². The minimum Gasteiger partial charge on any atom is -0.340 e. The first-order valence-corrected chi connectivity index (χ1v) is 8.04. The third kappa shape index (κ3) is 4.31. The highest BCUT2D eigenvalue weighted by Crippen LogP contribution is 2.18. The lowest BCUT2D eigenvalue weighted by Crippen LogP contribution is -2.48. The van der Waals surface area contributed by atoms with Crippen molar-refractivity contribution in [1.82, 2.24) is 10.2 Å². The van der Waals surface area contributed by atoms with Gasteiger partial charge in [-0.2, -0.15) is 0 Å². The maximum atomic E-state index is 12.5. The predicted molar refractivity (Wildman–Crippen MR) is 87.2 cm³/mol. The van der Waals surface area contributed by atoms with Crippen LogP contribution in [0.2, 0.25) is 0 Å². The molecule has 2 rings (SSSR count). The standard InChI is InChI=1S/C18H28N2O/c1-13(2)16-7-5-15(6-8-16)12-20(4)18(21)17-11-14(3)9-10-19-17/h5-8,13-14,17,19H,9-12H2,1-4H3. The van der Waals surface area contributed by atoms with Crippen LogP contribution in [0.15, 0.2) is 24.3 Å². The first-order valence-electron chi connectivity index (χ1n) is 8.04. The lowest BCUT2D eigenvalue weighted by molar-refractivity contribution is -0.133. The lowest BCUT2D eigenvalue weighted by atomic mass is 9.93. The van der Waals surface area contributed by atoms with E-state index in [2.05, 4.69) is 50.4 Å². The number of amides is 1. The van der Waals surface area contributed by atoms with Crippen molar-refractivity contribution >= 4 is 5.91 Å². The van der Waals surface area contributed by atoms with Gasteiger partial charge in [0.05, 0.1) is 6.04 Å². The summed E-state index contributed by atoms with van der Waals surface area (Å²) < 4.78 is 0. The number of nitrogens with zero attached hydrogens (tertiary/aromatic N) is 1. The molecular formula is C18H28N2O. The molecule has 2 atom stereocenters. The zero-order valence-electron chi connectivity index (χ0n) is 13.7. The fourth-order valence-corrected chi connectivity index (χ4v) is 2.92. The summed E-state index contributed by atoms with van der Waals surface area (Å²) in [6.07, 6.45) is 2.12. The molecule has 3 heteroatoms. The van der Waals surface area contributed by atoms with Crippen molar-refractivity contribution in [3.05, 3.63) is 35.4 Å². The number of carbonyl (C=O) groups excluding carboxylic acids is 1. The SMILES string of the molecule is CC1CCNC(C(=O)N(C)Cc2ccc(C(C)C)cc2)C1. The molecule has 0 radical (unpaired) electrons. The van der Waals surface area contributed by atoms with Crippen LogP contribution in [0, 0.1) is 5.92 Å². The number of hydrogen-bond acceptors (Lipinski definition) is 2. The number of nitrogens with one attached hydrogen (secondary N) is 1. The van der Waals surface area contributed by atoms with Gasteiger partial charge in [0.1, 0.15) is 0 Å². The Balaban J connectivity index is 1.93. The van der Waals surface area contributed by atoms with Gasteiger partial charge < -0.3 is 10.2 Å². The fourth-order valence-electron chi connectivity index (χ4n) is 2.92. The van der Waals surface area contributed by atoms with Gasteiger partial charge in [-0.3, -0.25) is 4.79 Å². The highest BCUT2D eigenvalue weighted by atomic mass is 16.2. The van der Waals surface area contributed by atoms with Gasteiger partial charge in [0.25, 0.3) is 0 Å². The van der Waals surface area contributed by atoms with Crippen LogP contribution in [-0.4, -0.2) is 30.4 Å². The summed E-state index contributed by atoms with van der Waals surface area (Å²) in [6, 6.07) is 8.60. The first kappa shape index (κ1) is 16.0. The van der Waals surface area contributed by atoms with Gasteiger partial charge in [0.15, 0.2) is 0 Å². The second-order valence-corrected chi connectivity index (χ2v) is 6.73. The second kappa shape index (κ2) is 7.08. The Morgan fingerprint density at radius 1 is 1.33 bits per heavy atom. The molecule has 1 amide bonds. The van der Waals surface area contributed by atoms with Crippen LogP contribution >= 0.6 is 0 Å². The molecule has 1 aliphatic rings. The van der Waals surface area contributed by atoms with Gasteiger partial charge >= 0.3 is 0 Å². The molecule has 0 saturated carbocycles. The monoisotopic (exact) mass is 288 g/mol. The molecule has 1 aromatic rings. The average Bonchev–Trinajstić information content (AvgIpc) is 2.47. The van der Waals surface area contributed by atoms with E-state index >= 15 is 0 Å². The summed E-state index contributed by atoms with van der Waals surface area (Å²) in [5, 5.41) is 3.35. The third-order valence-electron chi connectivity index (χ3n) is 4.41. The van der Waals surface area contributed by atoms with Gasteiger partial charge in [-0.05, 0) is 42.3 Å². The summed E-state index contributed by atoms with van der Waals surface area (Å²) in [6.45, 7) is 8.26. The van der Waals surface area contributed by atoms with Crippen LogP contribution in [0.25, 0.3) is 0 Å². The van der Waals surface area contributed by atoms with E-state index in [1.807, 2.05) is 11.9 Å². The molecule has 1 fully saturated rings. The summed E-state index contributed by atoms with van der Waals surface area (Å²) in [5.74, 6) is 1.40. The zero-order valence-corrected chi connectivity index (χ0v) is 13.7. The molecule has 1 N–H and O–H groups in total. The van der Waals surface area contributed by atoms with E-state index < -0.39 is 0 Å². The minimum absolute atomic E-state index is 0.00585. The summed E-state index contributed by atoms with van der Waals surface area (Å²) >= 11 is 0. The smallest absolute Gasteiger partial charge is 0.239 e. The van der Waals surface area contributed by atoms with Crippen molar-refractivity contribution in [3.63, 3.8) is 0 Å². The van der Waals surface area contributed by atoms with Gasteiger partial charge in [-0.25, -0.2) is 0 Å². The number of carbonyl (C=O) groups is 1. The summed E-state index contributed by atoms with van der Waals surface area (Å²) in [7, 11) is 1.90. The van der Waals surface area contributed by atoms with Gasteiger partial charge in [0.2, 0.25) is 5.91 Å².